The summed E-state index contributed by atoms with van der Waals surface area (Å²) >= 11 is 0. The molecule has 0 aliphatic carbocycles. The molecule has 0 saturated heterocycles. The number of nitrogens with two attached hydrogens (primary N) is 1. The molecular weight excluding hydrogens is 250 g/mol. The fourth-order valence-electron chi connectivity index (χ4n) is 2.21. The van der Waals surface area contributed by atoms with Crippen molar-refractivity contribution in [2.45, 2.75) is 6.42 Å². The zero-order valence-electron chi connectivity index (χ0n) is 11.8. The Hall–Kier alpha value is -2.42. The van der Waals surface area contributed by atoms with Crippen LogP contribution >= 0.6 is 0 Å². The Balaban J connectivity index is 2.55. The second kappa shape index (κ2) is 6.15. The lowest BCUT2D eigenvalue weighted by molar-refractivity contribution is 0.410. The van der Waals surface area contributed by atoms with Crippen LogP contribution in [0.15, 0.2) is 49.1 Å². The second-order valence-corrected chi connectivity index (χ2v) is 4.48. The van der Waals surface area contributed by atoms with E-state index in [4.69, 9.17) is 15.2 Å². The van der Waals surface area contributed by atoms with Gasteiger partial charge in [0.05, 0.1) is 14.2 Å². The summed E-state index contributed by atoms with van der Waals surface area (Å²) in [6.07, 6.45) is 2.61. The van der Waals surface area contributed by atoms with Crippen molar-refractivity contribution < 1.29 is 9.47 Å². The summed E-state index contributed by atoms with van der Waals surface area (Å²) in [4.78, 5) is 0. The molecule has 0 bridgehead atoms. The minimum Gasteiger partial charge on any atom is -0.496 e. The fourth-order valence-corrected chi connectivity index (χ4v) is 2.21. The van der Waals surface area contributed by atoms with Crippen LogP contribution in [0.4, 0.5) is 5.69 Å². The minimum absolute atomic E-state index is 0.710. The number of hydrogen-bond donors (Lipinski definition) is 1. The highest BCUT2D eigenvalue weighted by Crippen LogP contribution is 2.34. The molecule has 0 fully saturated rings. The number of ether oxygens (including phenoxy) is 2. The van der Waals surface area contributed by atoms with Crippen molar-refractivity contribution >= 4 is 5.69 Å². The molecule has 0 aromatic heterocycles. The third kappa shape index (κ3) is 2.77. The smallest absolute Gasteiger partial charge is 0.126 e. The highest BCUT2D eigenvalue weighted by Gasteiger charge is 2.09. The van der Waals surface area contributed by atoms with Crippen LogP contribution in [0.3, 0.4) is 0 Å². The molecule has 2 aromatic rings. The van der Waals surface area contributed by atoms with Gasteiger partial charge in [0.15, 0.2) is 0 Å². The van der Waals surface area contributed by atoms with Gasteiger partial charge in [-0.05, 0) is 47.9 Å². The summed E-state index contributed by atoms with van der Waals surface area (Å²) in [5.74, 6) is 1.66. The van der Waals surface area contributed by atoms with Crippen molar-refractivity contribution in [2.75, 3.05) is 20.0 Å². The molecule has 0 aliphatic heterocycles. The lowest BCUT2D eigenvalue weighted by Crippen LogP contribution is -1.94. The summed E-state index contributed by atoms with van der Waals surface area (Å²) in [5.41, 5.74) is 9.69. The Labute approximate surface area is 119 Å². The maximum Gasteiger partial charge on any atom is 0.126 e. The molecule has 0 spiro atoms. The summed E-state index contributed by atoms with van der Waals surface area (Å²) < 4.78 is 10.8. The molecule has 0 amide bonds. The van der Waals surface area contributed by atoms with Crippen LogP contribution in [0, 0.1) is 0 Å². The van der Waals surface area contributed by atoms with E-state index in [1.807, 2.05) is 36.4 Å². The zero-order chi connectivity index (χ0) is 14.5. The summed E-state index contributed by atoms with van der Waals surface area (Å²) in [6, 6.07) is 11.7. The second-order valence-electron chi connectivity index (χ2n) is 4.48. The number of rotatable bonds is 5. The third-order valence-corrected chi connectivity index (χ3v) is 3.18. The van der Waals surface area contributed by atoms with Gasteiger partial charge in [0.1, 0.15) is 11.5 Å². The summed E-state index contributed by atoms with van der Waals surface area (Å²) in [7, 11) is 3.33. The van der Waals surface area contributed by atoms with Gasteiger partial charge in [0.2, 0.25) is 0 Å². The Bertz CT molecular complexity index is 620. The van der Waals surface area contributed by atoms with Crippen LogP contribution in [0.5, 0.6) is 11.5 Å². The number of allylic oxidation sites excluding steroid dienone is 1. The van der Waals surface area contributed by atoms with Gasteiger partial charge in [-0.1, -0.05) is 12.1 Å². The van der Waals surface area contributed by atoms with Gasteiger partial charge in [0, 0.05) is 11.3 Å². The molecule has 104 valence electrons. The Morgan fingerprint density at radius 2 is 1.75 bits per heavy atom. The average Bonchev–Trinajstić information content (AvgIpc) is 2.47. The molecule has 2 N–H and O–H groups in total. The van der Waals surface area contributed by atoms with E-state index in [0.29, 0.717) is 5.69 Å². The first-order valence-corrected chi connectivity index (χ1v) is 6.41. The minimum atomic E-state index is 0.710. The number of methoxy groups -OCH3 is 2. The van der Waals surface area contributed by atoms with E-state index >= 15 is 0 Å². The third-order valence-electron chi connectivity index (χ3n) is 3.18. The van der Waals surface area contributed by atoms with E-state index in [1.54, 1.807) is 14.2 Å². The highest BCUT2D eigenvalue weighted by molar-refractivity contribution is 5.75. The first-order valence-electron chi connectivity index (χ1n) is 6.41. The van der Waals surface area contributed by atoms with Crippen LogP contribution in [0.25, 0.3) is 11.1 Å². The zero-order valence-corrected chi connectivity index (χ0v) is 11.8. The molecule has 2 aromatic carbocycles. The first-order chi connectivity index (χ1) is 9.69. The van der Waals surface area contributed by atoms with Gasteiger partial charge in [-0.25, -0.2) is 0 Å². The van der Waals surface area contributed by atoms with Crippen molar-refractivity contribution in [2.24, 2.45) is 0 Å². The molecule has 3 nitrogen and oxygen atoms in total. The van der Waals surface area contributed by atoms with E-state index in [0.717, 1.165) is 34.6 Å². The normalized spacial score (nSPS) is 10.1. The molecule has 2 rings (SSSR count). The maximum absolute atomic E-state index is 5.88. The lowest BCUT2D eigenvalue weighted by atomic mass is 9.99. The molecule has 0 atom stereocenters. The predicted molar refractivity (Wildman–Crippen MR) is 83.3 cm³/mol. The van der Waals surface area contributed by atoms with E-state index in [9.17, 15) is 0 Å². The molecule has 0 unspecified atom stereocenters. The fraction of sp³-hybridized carbons (Fsp3) is 0.176. The van der Waals surface area contributed by atoms with Gasteiger partial charge >= 0.3 is 0 Å². The van der Waals surface area contributed by atoms with Crippen LogP contribution in [-0.2, 0) is 6.42 Å². The van der Waals surface area contributed by atoms with Crippen LogP contribution < -0.4 is 15.2 Å². The Kier molecular flexibility index (Phi) is 4.31. The van der Waals surface area contributed by atoms with Crippen molar-refractivity contribution in [3.63, 3.8) is 0 Å². The van der Waals surface area contributed by atoms with E-state index in [-0.39, 0.29) is 0 Å². The number of anilines is 1. The molecular formula is C17H19NO2. The summed E-state index contributed by atoms with van der Waals surface area (Å²) in [5, 5.41) is 0. The highest BCUT2D eigenvalue weighted by atomic mass is 16.5. The van der Waals surface area contributed by atoms with Gasteiger partial charge < -0.3 is 15.2 Å². The van der Waals surface area contributed by atoms with Crippen LogP contribution in [0.1, 0.15) is 5.56 Å². The SMILES string of the molecule is C=CCc1cc(-c2cc(N)ccc2OC)ccc1OC. The van der Waals surface area contributed by atoms with Crippen molar-refractivity contribution in [1.82, 2.24) is 0 Å². The van der Waals surface area contributed by atoms with E-state index in [1.165, 1.54) is 0 Å². The first kappa shape index (κ1) is 14.0. The Morgan fingerprint density at radius 1 is 1.05 bits per heavy atom. The van der Waals surface area contributed by atoms with E-state index < -0.39 is 0 Å². The topological polar surface area (TPSA) is 44.5 Å². The number of nitrogen functional groups attached to an aromatic ring is 1. The molecule has 0 heterocycles. The van der Waals surface area contributed by atoms with Crippen LogP contribution in [0.2, 0.25) is 0 Å². The predicted octanol–water partition coefficient (Wildman–Crippen LogP) is 3.68. The molecule has 20 heavy (non-hydrogen) atoms. The van der Waals surface area contributed by atoms with Crippen molar-refractivity contribution in [1.29, 1.82) is 0 Å². The van der Waals surface area contributed by atoms with E-state index in [2.05, 4.69) is 12.6 Å². The maximum atomic E-state index is 5.88. The largest absolute Gasteiger partial charge is 0.496 e. The summed E-state index contributed by atoms with van der Waals surface area (Å²) in [6.45, 7) is 3.78. The van der Waals surface area contributed by atoms with Gasteiger partial charge in [0.25, 0.3) is 0 Å². The van der Waals surface area contributed by atoms with Crippen molar-refractivity contribution in [3.05, 3.63) is 54.6 Å². The quantitative estimate of drug-likeness (QED) is 0.665. The number of hydrogen-bond acceptors (Lipinski definition) is 3. The molecule has 3 heteroatoms. The van der Waals surface area contributed by atoms with Crippen LogP contribution in [-0.4, -0.2) is 14.2 Å². The Morgan fingerprint density at radius 3 is 2.40 bits per heavy atom. The van der Waals surface area contributed by atoms with Crippen molar-refractivity contribution in [3.8, 4) is 22.6 Å². The molecule has 0 saturated carbocycles. The van der Waals surface area contributed by atoms with Gasteiger partial charge in [-0.3, -0.25) is 0 Å². The molecule has 0 aliphatic rings. The van der Waals surface area contributed by atoms with Gasteiger partial charge in [-0.2, -0.15) is 0 Å². The monoisotopic (exact) mass is 269 g/mol. The lowest BCUT2D eigenvalue weighted by Gasteiger charge is -2.13. The number of benzene rings is 2. The molecule has 0 radical (unpaired) electrons. The average molecular weight is 269 g/mol. The standard InChI is InChI=1S/C17H19NO2/c1-4-5-13-10-12(6-8-16(13)19-2)15-11-14(18)7-9-17(15)20-3/h4,6-11H,1,5,18H2,2-3H3. The van der Waals surface area contributed by atoms with Gasteiger partial charge in [-0.15, -0.1) is 6.58 Å².